The first-order chi connectivity index (χ1) is 20.0. The Bertz CT molecular complexity index is 1600. The summed E-state index contributed by atoms with van der Waals surface area (Å²) in [6.07, 6.45) is 5.44. The van der Waals surface area contributed by atoms with Crippen LogP contribution in [-0.2, 0) is 16.0 Å². The number of carbonyl (C=O) groups excluding carboxylic acids is 2. The molecule has 10 heteroatoms. The molecule has 0 amide bonds. The van der Waals surface area contributed by atoms with Gasteiger partial charge in [0.25, 0.3) is 0 Å². The van der Waals surface area contributed by atoms with E-state index >= 15 is 0 Å². The zero-order valence-corrected chi connectivity index (χ0v) is 24.9. The van der Waals surface area contributed by atoms with Gasteiger partial charge in [0.15, 0.2) is 5.82 Å². The van der Waals surface area contributed by atoms with Crippen LogP contribution in [0.15, 0.2) is 55.0 Å². The molecule has 0 radical (unpaired) electrons. The van der Waals surface area contributed by atoms with Crippen molar-refractivity contribution in [1.29, 1.82) is 0 Å². The van der Waals surface area contributed by atoms with Gasteiger partial charge in [-0.25, -0.2) is 14.0 Å². The molecule has 1 aliphatic heterocycles. The Balaban J connectivity index is 1.53. The maximum Gasteiger partial charge on any atom is 0.419 e. The number of ether oxygens (including phenoxy) is 3. The van der Waals surface area contributed by atoms with Crippen LogP contribution in [0.2, 0.25) is 0 Å². The number of hydrogen-bond donors (Lipinski definition) is 0. The van der Waals surface area contributed by atoms with Crippen LogP contribution in [0.5, 0.6) is 5.75 Å². The molecule has 42 heavy (non-hydrogen) atoms. The van der Waals surface area contributed by atoms with Gasteiger partial charge in [0.1, 0.15) is 11.4 Å². The summed E-state index contributed by atoms with van der Waals surface area (Å²) in [6, 6.07) is 11.3. The van der Waals surface area contributed by atoms with Crippen LogP contribution in [0.25, 0.3) is 10.9 Å². The molecule has 4 aromatic rings. The fourth-order valence-electron chi connectivity index (χ4n) is 5.82. The first-order valence-corrected chi connectivity index (χ1v) is 14.0. The lowest BCUT2D eigenvalue weighted by molar-refractivity contribution is 0.0542. The SMILES string of the molecule is COC(=O)c1ccc([C@H]2C[C@H](n3cc(F)cn3)CCN2Cc2c(OC)cc(C)c3c2ccn3C(=O)OC(C)(C)C)cc1. The van der Waals surface area contributed by atoms with Gasteiger partial charge < -0.3 is 14.2 Å². The Morgan fingerprint density at radius 1 is 1.12 bits per heavy atom. The molecule has 0 bridgehead atoms. The molecule has 1 aliphatic rings. The Morgan fingerprint density at radius 2 is 1.86 bits per heavy atom. The zero-order chi connectivity index (χ0) is 30.2. The first kappa shape index (κ1) is 29.3. The number of carbonyl (C=O) groups is 2. The second-order valence-electron chi connectivity index (χ2n) is 11.7. The minimum absolute atomic E-state index is 0.00391. The van der Waals surface area contributed by atoms with Crippen molar-refractivity contribution in [1.82, 2.24) is 19.2 Å². The lowest BCUT2D eigenvalue weighted by Gasteiger charge is -2.40. The van der Waals surface area contributed by atoms with E-state index in [0.29, 0.717) is 25.1 Å². The molecule has 222 valence electrons. The molecule has 2 atom stereocenters. The molecule has 9 nitrogen and oxygen atoms in total. The lowest BCUT2D eigenvalue weighted by Crippen LogP contribution is -2.37. The number of hydrogen-bond acceptors (Lipinski definition) is 7. The number of nitrogens with zero attached hydrogens (tertiary/aromatic N) is 4. The number of aromatic nitrogens is 3. The average Bonchev–Trinajstić information content (AvgIpc) is 3.60. The van der Waals surface area contributed by atoms with E-state index in [-0.39, 0.29) is 17.9 Å². The summed E-state index contributed by atoms with van der Waals surface area (Å²) in [5.41, 5.74) is 3.50. The van der Waals surface area contributed by atoms with Crippen LogP contribution >= 0.6 is 0 Å². The van der Waals surface area contributed by atoms with E-state index in [4.69, 9.17) is 14.2 Å². The fourth-order valence-corrected chi connectivity index (χ4v) is 5.82. The van der Waals surface area contributed by atoms with Gasteiger partial charge in [-0.2, -0.15) is 5.10 Å². The number of benzene rings is 2. The van der Waals surface area contributed by atoms with Crippen molar-refractivity contribution in [3.63, 3.8) is 0 Å². The number of fused-ring (bicyclic) bond motifs is 1. The third-order valence-electron chi connectivity index (χ3n) is 7.75. The van der Waals surface area contributed by atoms with Crippen molar-refractivity contribution >= 4 is 23.0 Å². The fraction of sp³-hybridized carbons (Fsp3) is 0.406. The van der Waals surface area contributed by atoms with Crippen molar-refractivity contribution in [3.8, 4) is 5.75 Å². The molecular weight excluding hydrogens is 539 g/mol. The second kappa shape index (κ2) is 11.6. The van der Waals surface area contributed by atoms with Crippen LogP contribution < -0.4 is 4.74 Å². The first-order valence-electron chi connectivity index (χ1n) is 14.0. The molecule has 1 fully saturated rings. The molecule has 3 heterocycles. The van der Waals surface area contributed by atoms with E-state index in [1.54, 1.807) is 34.7 Å². The van der Waals surface area contributed by atoms with E-state index in [0.717, 1.165) is 39.8 Å². The average molecular weight is 577 g/mol. The summed E-state index contributed by atoms with van der Waals surface area (Å²) in [5, 5.41) is 5.15. The monoisotopic (exact) mass is 576 g/mol. The number of methoxy groups -OCH3 is 2. The summed E-state index contributed by atoms with van der Waals surface area (Å²) >= 11 is 0. The van der Waals surface area contributed by atoms with Gasteiger partial charge in [0.05, 0.1) is 43.7 Å². The van der Waals surface area contributed by atoms with Gasteiger partial charge in [-0.15, -0.1) is 0 Å². The second-order valence-corrected chi connectivity index (χ2v) is 11.7. The maximum absolute atomic E-state index is 13.8. The minimum Gasteiger partial charge on any atom is -0.496 e. The van der Waals surface area contributed by atoms with Crippen molar-refractivity contribution in [2.45, 2.75) is 64.8 Å². The number of esters is 1. The standard InChI is InChI=1S/C32H37FN4O5/c1-20-15-28(40-5)26(25-12-14-36(29(20)25)31(39)42-32(2,3)4)19-35-13-11-24(37-18-23(33)17-34-37)16-27(35)21-7-9-22(10-8-21)30(38)41-6/h7-10,12,14-15,17-18,24,27H,11,13,16,19H2,1-6H3/t24-,27-/m1/s1. The number of likely N-dealkylation sites (tertiary alicyclic amines) is 1. The Morgan fingerprint density at radius 3 is 2.48 bits per heavy atom. The van der Waals surface area contributed by atoms with Crippen LogP contribution in [0, 0.1) is 12.7 Å². The third kappa shape index (κ3) is 5.90. The number of halogens is 1. The Labute approximate surface area is 244 Å². The smallest absolute Gasteiger partial charge is 0.419 e. The van der Waals surface area contributed by atoms with Crippen LogP contribution in [0.3, 0.4) is 0 Å². The maximum atomic E-state index is 13.8. The highest BCUT2D eigenvalue weighted by atomic mass is 19.1. The van der Waals surface area contributed by atoms with E-state index in [1.807, 2.05) is 52.0 Å². The minimum atomic E-state index is -0.630. The predicted octanol–water partition coefficient (Wildman–Crippen LogP) is 6.44. The third-order valence-corrected chi connectivity index (χ3v) is 7.75. The van der Waals surface area contributed by atoms with E-state index in [1.165, 1.54) is 19.5 Å². The largest absolute Gasteiger partial charge is 0.496 e. The quantitative estimate of drug-likeness (QED) is 0.244. The van der Waals surface area contributed by atoms with E-state index in [9.17, 15) is 14.0 Å². The lowest BCUT2D eigenvalue weighted by atomic mass is 9.90. The van der Waals surface area contributed by atoms with Gasteiger partial charge >= 0.3 is 12.1 Å². The summed E-state index contributed by atoms with van der Waals surface area (Å²) in [7, 11) is 3.01. The number of rotatable bonds is 6. The summed E-state index contributed by atoms with van der Waals surface area (Å²) < 4.78 is 33.5. The highest BCUT2D eigenvalue weighted by Gasteiger charge is 2.33. The van der Waals surface area contributed by atoms with E-state index < -0.39 is 17.7 Å². The molecule has 1 saturated heterocycles. The zero-order valence-electron chi connectivity index (χ0n) is 24.9. The van der Waals surface area contributed by atoms with Crippen molar-refractivity contribution in [2.24, 2.45) is 0 Å². The molecule has 0 aliphatic carbocycles. The molecule has 0 saturated carbocycles. The van der Waals surface area contributed by atoms with Gasteiger partial charge in [0, 0.05) is 36.3 Å². The van der Waals surface area contributed by atoms with E-state index in [2.05, 4.69) is 10.00 Å². The van der Waals surface area contributed by atoms with Gasteiger partial charge in [-0.05, 0) is 75.9 Å². The van der Waals surface area contributed by atoms with Gasteiger partial charge in [-0.1, -0.05) is 12.1 Å². The summed E-state index contributed by atoms with van der Waals surface area (Å²) in [6.45, 7) is 8.74. The Kier molecular flexibility index (Phi) is 8.10. The Hall–Kier alpha value is -4.18. The summed E-state index contributed by atoms with van der Waals surface area (Å²) in [4.78, 5) is 27.5. The van der Waals surface area contributed by atoms with Crippen molar-refractivity contribution < 1.29 is 28.2 Å². The van der Waals surface area contributed by atoms with Gasteiger partial charge in [-0.3, -0.25) is 14.1 Å². The predicted molar refractivity (Wildman–Crippen MR) is 156 cm³/mol. The molecule has 2 aromatic heterocycles. The number of aryl methyl sites for hydroxylation is 1. The van der Waals surface area contributed by atoms with Crippen LogP contribution in [-0.4, -0.2) is 57.7 Å². The van der Waals surface area contributed by atoms with Gasteiger partial charge in [0.2, 0.25) is 0 Å². The molecular formula is C32H37FN4O5. The number of piperidine rings is 1. The van der Waals surface area contributed by atoms with Crippen LogP contribution in [0.4, 0.5) is 9.18 Å². The van der Waals surface area contributed by atoms with Crippen LogP contribution in [0.1, 0.15) is 72.7 Å². The highest BCUT2D eigenvalue weighted by molar-refractivity contribution is 5.95. The molecule has 0 N–H and O–H groups in total. The molecule has 0 spiro atoms. The molecule has 0 unspecified atom stereocenters. The molecule has 2 aromatic carbocycles. The molecule has 5 rings (SSSR count). The van der Waals surface area contributed by atoms with Crippen molar-refractivity contribution in [2.75, 3.05) is 20.8 Å². The normalized spacial score (nSPS) is 17.8. The topological polar surface area (TPSA) is 87.8 Å². The highest BCUT2D eigenvalue weighted by Crippen LogP contribution is 2.40. The summed E-state index contributed by atoms with van der Waals surface area (Å²) in [5.74, 6) is -0.0241. The van der Waals surface area contributed by atoms with Crippen molar-refractivity contribution in [3.05, 3.63) is 83.1 Å².